The van der Waals surface area contributed by atoms with E-state index >= 15 is 0 Å². The van der Waals surface area contributed by atoms with Crippen molar-refractivity contribution < 1.29 is 34.4 Å². The maximum Gasteiger partial charge on any atom is 0.164 e. The number of allylic oxidation sites excluding steroid dienone is 2. The summed E-state index contributed by atoms with van der Waals surface area (Å²) in [6.45, 7) is 26.7. The van der Waals surface area contributed by atoms with E-state index in [1.54, 1.807) is 0 Å². The van der Waals surface area contributed by atoms with Crippen LogP contribution in [0.15, 0.2) is 64.8 Å². The summed E-state index contributed by atoms with van der Waals surface area (Å²) in [5.74, 6) is 1.57. The molecule has 0 fully saturated rings. The average molecular weight is 821 g/mol. The number of aliphatic hydroxyl groups is 1. The molecule has 2 aromatic heterocycles. The molecule has 1 aliphatic rings. The molecular formula is C43H50IrNO3-. The first-order chi connectivity index (χ1) is 21.7. The van der Waals surface area contributed by atoms with E-state index in [9.17, 15) is 9.90 Å². The van der Waals surface area contributed by atoms with Crippen LogP contribution in [-0.4, -0.2) is 15.9 Å². The first-order valence-corrected chi connectivity index (χ1v) is 16.7. The number of aromatic nitrogens is 1. The van der Waals surface area contributed by atoms with Crippen LogP contribution in [0.2, 0.25) is 0 Å². The van der Waals surface area contributed by atoms with Gasteiger partial charge in [-0.3, -0.25) is 9.78 Å². The second kappa shape index (κ2) is 13.1. The van der Waals surface area contributed by atoms with Crippen LogP contribution in [0.4, 0.5) is 0 Å². The average Bonchev–Trinajstić information content (AvgIpc) is 3.44. The summed E-state index contributed by atoms with van der Waals surface area (Å²) in [6.07, 6.45) is 1.33. The third-order valence-corrected chi connectivity index (χ3v) is 9.35. The Hall–Kier alpha value is -3.53. The molecule has 0 bridgehead atoms. The van der Waals surface area contributed by atoms with Crippen molar-refractivity contribution in [3.05, 3.63) is 99.8 Å². The molecule has 5 heteroatoms. The molecule has 48 heavy (non-hydrogen) atoms. The minimum absolute atomic E-state index is 0. The van der Waals surface area contributed by atoms with E-state index in [-0.39, 0.29) is 42.5 Å². The number of rotatable bonds is 3. The molecule has 1 N–H and O–H groups in total. The van der Waals surface area contributed by atoms with Crippen LogP contribution in [0, 0.1) is 37.7 Å². The van der Waals surface area contributed by atoms with E-state index in [4.69, 9.17) is 9.40 Å². The molecule has 2 heterocycles. The van der Waals surface area contributed by atoms with Crippen LogP contribution in [-0.2, 0) is 30.3 Å². The van der Waals surface area contributed by atoms with Gasteiger partial charge in [-0.05, 0) is 78.3 Å². The summed E-state index contributed by atoms with van der Waals surface area (Å²) in [4.78, 5) is 16.6. The number of fused-ring (bicyclic) bond motifs is 6. The van der Waals surface area contributed by atoms with Gasteiger partial charge in [0, 0.05) is 53.3 Å². The van der Waals surface area contributed by atoms with Crippen LogP contribution >= 0.6 is 0 Å². The van der Waals surface area contributed by atoms with Crippen molar-refractivity contribution in [3.8, 4) is 22.6 Å². The minimum Gasteiger partial charge on any atom is -0.512 e. The largest absolute Gasteiger partial charge is 0.512 e. The summed E-state index contributed by atoms with van der Waals surface area (Å²) >= 11 is 0. The van der Waals surface area contributed by atoms with Gasteiger partial charge in [0.1, 0.15) is 17.1 Å². The monoisotopic (exact) mass is 821 g/mol. The smallest absolute Gasteiger partial charge is 0.164 e. The van der Waals surface area contributed by atoms with E-state index in [0.29, 0.717) is 5.92 Å². The predicted octanol–water partition coefficient (Wildman–Crippen LogP) is 11.9. The molecule has 0 aliphatic heterocycles. The second-order valence-electron chi connectivity index (χ2n) is 16.2. The first-order valence-electron chi connectivity index (χ1n) is 16.7. The van der Waals surface area contributed by atoms with Gasteiger partial charge in [0.2, 0.25) is 0 Å². The van der Waals surface area contributed by atoms with Gasteiger partial charge in [-0.15, -0.1) is 29.3 Å². The maximum absolute atomic E-state index is 11.5. The number of hydrogen-bond acceptors (Lipinski definition) is 4. The summed E-state index contributed by atoms with van der Waals surface area (Å²) in [5.41, 5.74) is 11.9. The van der Waals surface area contributed by atoms with Crippen LogP contribution < -0.4 is 0 Å². The maximum atomic E-state index is 11.5. The molecule has 6 rings (SSSR count). The molecule has 0 spiro atoms. The molecule has 1 aliphatic carbocycles. The number of aliphatic hydroxyl groups excluding tert-OH is 1. The normalized spacial score (nSPS) is 14.0. The Kier molecular flexibility index (Phi) is 10.1. The zero-order valence-corrected chi connectivity index (χ0v) is 33.2. The van der Waals surface area contributed by atoms with E-state index < -0.39 is 5.41 Å². The Labute approximate surface area is 300 Å². The fourth-order valence-electron chi connectivity index (χ4n) is 6.62. The zero-order chi connectivity index (χ0) is 34.8. The van der Waals surface area contributed by atoms with E-state index in [1.165, 1.54) is 50.2 Å². The molecule has 4 nitrogen and oxygen atoms in total. The Morgan fingerprint density at radius 1 is 0.917 bits per heavy atom. The molecule has 5 aromatic rings. The van der Waals surface area contributed by atoms with Crippen molar-refractivity contribution in [1.82, 2.24) is 4.98 Å². The summed E-state index contributed by atoms with van der Waals surface area (Å²) < 4.78 is 6.49. The molecule has 1 radical (unpaired) electrons. The van der Waals surface area contributed by atoms with Gasteiger partial charge >= 0.3 is 0 Å². The van der Waals surface area contributed by atoms with E-state index in [1.807, 2.05) is 47.6 Å². The van der Waals surface area contributed by atoms with Crippen molar-refractivity contribution in [2.45, 2.75) is 101 Å². The summed E-state index contributed by atoms with van der Waals surface area (Å²) in [7, 11) is 0. The third-order valence-electron chi connectivity index (χ3n) is 9.35. The third kappa shape index (κ3) is 6.82. The van der Waals surface area contributed by atoms with Crippen LogP contribution in [0.3, 0.4) is 0 Å². The van der Waals surface area contributed by atoms with E-state index in [2.05, 4.69) is 97.0 Å². The summed E-state index contributed by atoms with van der Waals surface area (Å²) in [5, 5.41) is 12.0. The van der Waals surface area contributed by atoms with Crippen molar-refractivity contribution in [1.29, 1.82) is 0 Å². The molecule has 0 saturated carbocycles. The van der Waals surface area contributed by atoms with Crippen LogP contribution in [0.1, 0.15) is 109 Å². The van der Waals surface area contributed by atoms with E-state index in [0.717, 1.165) is 33.7 Å². The first kappa shape index (κ1) is 37.3. The molecule has 0 atom stereocenters. The molecule has 0 saturated heterocycles. The Morgan fingerprint density at radius 3 is 2.17 bits per heavy atom. The van der Waals surface area contributed by atoms with Crippen molar-refractivity contribution in [2.75, 3.05) is 0 Å². The Morgan fingerprint density at radius 2 is 1.56 bits per heavy atom. The number of furan rings is 1. The van der Waals surface area contributed by atoms with Gasteiger partial charge in [-0.2, -0.15) is 0 Å². The van der Waals surface area contributed by atoms with Gasteiger partial charge in [-0.25, -0.2) is 0 Å². The van der Waals surface area contributed by atoms with Crippen molar-refractivity contribution >= 4 is 27.7 Å². The van der Waals surface area contributed by atoms with Gasteiger partial charge < -0.3 is 9.52 Å². The quantitative estimate of drug-likeness (QED) is 0.112. The van der Waals surface area contributed by atoms with Crippen LogP contribution in [0.25, 0.3) is 44.5 Å². The number of pyridine rings is 1. The number of hydrogen-bond donors (Lipinski definition) is 1. The molecule has 3 aromatic carbocycles. The van der Waals surface area contributed by atoms with Crippen LogP contribution in [0.5, 0.6) is 0 Å². The fourth-order valence-corrected chi connectivity index (χ4v) is 6.62. The molecular weight excluding hydrogens is 771 g/mol. The fraction of sp³-hybridized carbons (Fsp3) is 0.395. The standard InChI is InChI=1S/C32H30NO.C11H20O2.Ir/c1-17(2)21-11-12-27-24(16-21)30-31(34-27)23-10-8-9-22(29(23)32(30,6)7)25-15-20(5)28-19(4)13-18(3)14-26(28)33-25;1-10(2,3)8(12)7-9(13)11(4,5)6;/h8,10-17H,1-7H3;7,12H,1-6H3;/q-1;;/b;8-7-;. The molecule has 255 valence electrons. The van der Waals surface area contributed by atoms with Gasteiger partial charge in [0.15, 0.2) is 5.78 Å². The number of aryl methyl sites for hydroxylation is 3. The SMILES string of the molecule is CC(C)(C)C(=O)/C=C(\O)C(C)(C)C.Cc1cc(C)c2c(C)cc(-c3[c-]ccc4c3C(C)(C)c3c-4oc4ccc(C(C)C)cc34)nc2c1.[Ir]. The van der Waals surface area contributed by atoms with Gasteiger partial charge in [-0.1, -0.05) is 93.0 Å². The Balaban J connectivity index is 0.000000319. The topological polar surface area (TPSA) is 63.3 Å². The number of ketones is 1. The number of benzene rings is 3. The van der Waals surface area contributed by atoms with Crippen molar-refractivity contribution in [2.24, 2.45) is 10.8 Å². The number of nitrogens with zero attached hydrogens (tertiary/aromatic N) is 1. The molecule has 0 amide bonds. The predicted molar refractivity (Wildman–Crippen MR) is 196 cm³/mol. The van der Waals surface area contributed by atoms with Gasteiger partial charge in [0.25, 0.3) is 0 Å². The minimum atomic E-state index is -0.417. The second-order valence-corrected chi connectivity index (χ2v) is 16.2. The summed E-state index contributed by atoms with van der Waals surface area (Å²) in [6, 6.07) is 21.0. The van der Waals surface area contributed by atoms with Crippen molar-refractivity contribution in [3.63, 3.8) is 0 Å². The van der Waals surface area contributed by atoms with Gasteiger partial charge in [0.05, 0.1) is 5.52 Å². The number of carbonyl (C=O) groups is 1. The number of carbonyl (C=O) groups excluding carboxylic acids is 1. The Bertz CT molecular complexity index is 2060. The molecule has 0 unspecified atom stereocenters. The zero-order valence-electron chi connectivity index (χ0n) is 30.8.